The zero-order valence-electron chi connectivity index (χ0n) is 13.7. The zero-order valence-corrected chi connectivity index (χ0v) is 17.6. The first-order valence-electron chi connectivity index (χ1n) is 7.15. The van der Waals surface area contributed by atoms with E-state index in [1.807, 2.05) is 26.0 Å². The fourth-order valence-corrected chi connectivity index (χ4v) is 3.81. The maximum atomic E-state index is 12.5. The number of carbonyl (C=O) groups excluding carboxylic acids is 1. The Morgan fingerprint density at radius 3 is 2.32 bits per heavy atom. The van der Waals surface area contributed by atoms with Crippen LogP contribution in [0.2, 0.25) is 10.0 Å². The molecule has 0 radical (unpaired) electrons. The van der Waals surface area contributed by atoms with Crippen LogP contribution in [0.4, 0.5) is 5.69 Å². The van der Waals surface area contributed by atoms with Crippen LogP contribution in [0.3, 0.4) is 0 Å². The minimum Gasteiger partial charge on any atom is -0.494 e. The third-order valence-electron chi connectivity index (χ3n) is 3.42. The number of rotatable bonds is 3. The number of benzene rings is 2. The summed E-state index contributed by atoms with van der Waals surface area (Å²) in [6, 6.07) is 6.89. The summed E-state index contributed by atoms with van der Waals surface area (Å²) in [6.45, 7) is 3.90. The highest BCUT2D eigenvalue weighted by molar-refractivity contribution is 9.10. The summed E-state index contributed by atoms with van der Waals surface area (Å²) < 4.78 is 6.16. The lowest BCUT2D eigenvalue weighted by molar-refractivity contribution is 0.0975. The van der Waals surface area contributed by atoms with Crippen LogP contribution in [-0.4, -0.2) is 18.1 Å². The second-order valence-corrected chi connectivity index (χ2v) is 7.46. The Morgan fingerprint density at radius 1 is 1.16 bits per heavy atom. The van der Waals surface area contributed by atoms with E-state index in [1.54, 1.807) is 0 Å². The van der Waals surface area contributed by atoms with Crippen molar-refractivity contribution in [3.8, 4) is 5.75 Å². The number of methoxy groups -OCH3 is 1. The van der Waals surface area contributed by atoms with Gasteiger partial charge in [-0.15, -0.1) is 0 Å². The SMILES string of the molecule is COc1c(Cl)cc(Cl)cc1C(=O)NC(=S)Nc1c(C)cc(Br)cc1C. The van der Waals surface area contributed by atoms with E-state index in [4.69, 9.17) is 40.2 Å². The number of ether oxygens (including phenoxy) is 1. The number of aryl methyl sites for hydroxylation is 2. The first kappa shape index (κ1) is 20.0. The average molecular weight is 462 g/mol. The Labute approximate surface area is 170 Å². The molecule has 0 aliphatic heterocycles. The molecule has 8 heteroatoms. The van der Waals surface area contributed by atoms with Crippen molar-refractivity contribution in [1.82, 2.24) is 5.32 Å². The molecule has 0 atom stereocenters. The van der Waals surface area contributed by atoms with Crippen LogP contribution >= 0.6 is 51.3 Å². The van der Waals surface area contributed by atoms with Gasteiger partial charge in [0.1, 0.15) is 5.75 Å². The molecule has 0 heterocycles. The first-order chi connectivity index (χ1) is 11.7. The molecule has 1 amide bonds. The van der Waals surface area contributed by atoms with Crippen LogP contribution in [0.25, 0.3) is 0 Å². The van der Waals surface area contributed by atoms with Crippen molar-refractivity contribution in [1.29, 1.82) is 0 Å². The van der Waals surface area contributed by atoms with Gasteiger partial charge in [0.05, 0.1) is 17.7 Å². The molecule has 2 N–H and O–H groups in total. The van der Waals surface area contributed by atoms with Crippen molar-refractivity contribution < 1.29 is 9.53 Å². The molecule has 2 aromatic carbocycles. The molecular weight excluding hydrogens is 447 g/mol. The fraction of sp³-hybridized carbons (Fsp3) is 0.176. The minimum absolute atomic E-state index is 0.164. The third-order valence-corrected chi connectivity index (χ3v) is 4.58. The van der Waals surface area contributed by atoms with Crippen LogP contribution in [-0.2, 0) is 0 Å². The molecule has 0 saturated heterocycles. The van der Waals surface area contributed by atoms with Crippen LogP contribution in [0.1, 0.15) is 21.5 Å². The highest BCUT2D eigenvalue weighted by atomic mass is 79.9. The molecule has 0 aliphatic carbocycles. The maximum Gasteiger partial charge on any atom is 0.261 e. The topological polar surface area (TPSA) is 50.4 Å². The van der Waals surface area contributed by atoms with Gasteiger partial charge in [0.25, 0.3) is 5.91 Å². The molecule has 132 valence electrons. The highest BCUT2D eigenvalue weighted by Crippen LogP contribution is 2.32. The number of halogens is 3. The number of anilines is 1. The van der Waals surface area contributed by atoms with Gasteiger partial charge in [-0.1, -0.05) is 39.1 Å². The van der Waals surface area contributed by atoms with E-state index in [0.29, 0.717) is 5.02 Å². The minimum atomic E-state index is -0.467. The van der Waals surface area contributed by atoms with E-state index in [1.165, 1.54) is 19.2 Å². The third kappa shape index (κ3) is 4.85. The van der Waals surface area contributed by atoms with Gasteiger partial charge < -0.3 is 10.1 Å². The molecule has 0 bridgehead atoms. The van der Waals surface area contributed by atoms with Gasteiger partial charge in [0.2, 0.25) is 0 Å². The summed E-state index contributed by atoms with van der Waals surface area (Å²) in [5, 5.41) is 6.40. The second-order valence-electron chi connectivity index (χ2n) is 5.29. The molecule has 0 saturated carbocycles. The highest BCUT2D eigenvalue weighted by Gasteiger charge is 2.18. The molecule has 2 rings (SSSR count). The average Bonchev–Trinajstić information content (AvgIpc) is 2.50. The van der Waals surface area contributed by atoms with Crippen LogP contribution < -0.4 is 15.4 Å². The molecule has 0 spiro atoms. The Bertz CT molecular complexity index is 836. The fourth-order valence-electron chi connectivity index (χ4n) is 2.36. The van der Waals surface area contributed by atoms with Crippen molar-refractivity contribution in [3.63, 3.8) is 0 Å². The molecule has 2 aromatic rings. The van der Waals surface area contributed by atoms with Gasteiger partial charge >= 0.3 is 0 Å². The van der Waals surface area contributed by atoms with Crippen LogP contribution in [0, 0.1) is 13.8 Å². The van der Waals surface area contributed by atoms with Gasteiger partial charge in [-0.2, -0.15) is 0 Å². The van der Waals surface area contributed by atoms with Gasteiger partial charge in [-0.3, -0.25) is 10.1 Å². The number of hydrogen-bond donors (Lipinski definition) is 2. The van der Waals surface area contributed by atoms with E-state index in [0.717, 1.165) is 21.3 Å². The predicted molar refractivity (Wildman–Crippen MR) is 110 cm³/mol. The Balaban J connectivity index is 2.21. The normalized spacial score (nSPS) is 10.3. The van der Waals surface area contributed by atoms with E-state index < -0.39 is 5.91 Å². The number of hydrogen-bond acceptors (Lipinski definition) is 3. The molecule has 25 heavy (non-hydrogen) atoms. The molecule has 0 unspecified atom stereocenters. The largest absolute Gasteiger partial charge is 0.494 e. The van der Waals surface area contributed by atoms with Crippen molar-refractivity contribution in [3.05, 3.63) is 55.5 Å². The monoisotopic (exact) mass is 460 g/mol. The number of carbonyl (C=O) groups is 1. The Hall–Kier alpha value is -1.34. The summed E-state index contributed by atoms with van der Waals surface area (Å²) in [6.07, 6.45) is 0. The molecule has 4 nitrogen and oxygen atoms in total. The van der Waals surface area contributed by atoms with Crippen LogP contribution in [0.15, 0.2) is 28.7 Å². The molecule has 0 fully saturated rings. The number of thiocarbonyl (C=S) groups is 1. The second kappa shape index (κ2) is 8.36. The van der Waals surface area contributed by atoms with Crippen molar-refractivity contribution in [2.75, 3.05) is 12.4 Å². The lowest BCUT2D eigenvalue weighted by Crippen LogP contribution is -2.34. The van der Waals surface area contributed by atoms with Crippen molar-refractivity contribution in [2.24, 2.45) is 0 Å². The molecular formula is C17H15BrCl2N2O2S. The van der Waals surface area contributed by atoms with Gasteiger partial charge in [0, 0.05) is 15.2 Å². The smallest absolute Gasteiger partial charge is 0.261 e. The summed E-state index contributed by atoms with van der Waals surface area (Å²) >= 11 is 20.7. The summed E-state index contributed by atoms with van der Waals surface area (Å²) in [7, 11) is 1.43. The van der Waals surface area contributed by atoms with Crippen molar-refractivity contribution >= 4 is 68.1 Å². The lowest BCUT2D eigenvalue weighted by Gasteiger charge is -2.16. The Kier molecular flexibility index (Phi) is 6.68. The van der Waals surface area contributed by atoms with Crippen molar-refractivity contribution in [2.45, 2.75) is 13.8 Å². The quantitative estimate of drug-likeness (QED) is 0.591. The predicted octanol–water partition coefficient (Wildman–Crippen LogP) is 5.51. The summed E-state index contributed by atoms with van der Waals surface area (Å²) in [4.78, 5) is 12.5. The van der Waals surface area contributed by atoms with Crippen LogP contribution in [0.5, 0.6) is 5.75 Å². The lowest BCUT2D eigenvalue weighted by atomic mass is 10.1. The van der Waals surface area contributed by atoms with E-state index in [-0.39, 0.29) is 21.4 Å². The van der Waals surface area contributed by atoms with Gasteiger partial charge in [0.15, 0.2) is 5.11 Å². The van der Waals surface area contributed by atoms with Gasteiger partial charge in [-0.25, -0.2) is 0 Å². The van der Waals surface area contributed by atoms with E-state index in [9.17, 15) is 4.79 Å². The Morgan fingerprint density at radius 2 is 1.76 bits per heavy atom. The zero-order chi connectivity index (χ0) is 18.7. The molecule has 0 aromatic heterocycles. The van der Waals surface area contributed by atoms with E-state index >= 15 is 0 Å². The summed E-state index contributed by atoms with van der Waals surface area (Å²) in [5.41, 5.74) is 3.02. The van der Waals surface area contributed by atoms with Gasteiger partial charge in [-0.05, 0) is 61.5 Å². The van der Waals surface area contributed by atoms with E-state index in [2.05, 4.69) is 26.6 Å². The molecule has 0 aliphatic rings. The number of nitrogens with one attached hydrogen (secondary N) is 2. The maximum absolute atomic E-state index is 12.5. The summed E-state index contributed by atoms with van der Waals surface area (Å²) in [5.74, 6) is -0.228. The first-order valence-corrected chi connectivity index (χ1v) is 9.10. The number of amides is 1. The standard InChI is InChI=1S/C17H15BrCl2N2O2S/c1-8-4-10(18)5-9(2)14(8)21-17(25)22-16(23)12-6-11(19)7-13(20)15(12)24-3/h4-7H,1-3H3,(H2,21,22,23,25).